The second-order valence-corrected chi connectivity index (χ2v) is 9.58. The Kier molecular flexibility index (Phi) is 6.60. The van der Waals surface area contributed by atoms with Crippen LogP contribution in [0.25, 0.3) is 22.4 Å². The summed E-state index contributed by atoms with van der Waals surface area (Å²) in [6, 6.07) is 19.5. The number of piperazine rings is 1. The molecule has 0 radical (unpaired) electrons. The first-order chi connectivity index (χ1) is 17.4. The fourth-order valence-electron chi connectivity index (χ4n) is 4.32. The summed E-state index contributed by atoms with van der Waals surface area (Å²) in [6.45, 7) is 2.78. The fraction of sp³-hybridized carbons (Fsp3) is 0.269. The largest absolute Gasteiger partial charge is 0.368 e. The third kappa shape index (κ3) is 4.51. The molecule has 36 heavy (non-hydrogen) atoms. The molecule has 1 amide bonds. The Bertz CT molecular complexity index is 1530. The van der Waals surface area contributed by atoms with E-state index in [1.54, 1.807) is 7.05 Å². The Morgan fingerprint density at radius 3 is 2.17 bits per heavy atom. The topological polar surface area (TPSA) is 93.3 Å². The highest BCUT2D eigenvalue weighted by molar-refractivity contribution is 8.00. The summed E-state index contributed by atoms with van der Waals surface area (Å²) in [6.07, 6.45) is 0. The van der Waals surface area contributed by atoms with Crippen LogP contribution >= 0.6 is 11.8 Å². The van der Waals surface area contributed by atoms with Gasteiger partial charge in [-0.05, 0) is 12.1 Å². The van der Waals surface area contributed by atoms with E-state index in [0.29, 0.717) is 23.9 Å². The number of nitrogens with zero attached hydrogens (tertiary/aromatic N) is 6. The van der Waals surface area contributed by atoms with Gasteiger partial charge in [0.15, 0.2) is 11.5 Å². The molecule has 1 saturated heterocycles. The zero-order valence-electron chi connectivity index (χ0n) is 20.1. The zero-order chi connectivity index (χ0) is 25.2. The van der Waals surface area contributed by atoms with Gasteiger partial charge in [-0.15, -0.1) is 0 Å². The Morgan fingerprint density at radius 2 is 1.50 bits per heavy atom. The van der Waals surface area contributed by atoms with Crippen molar-refractivity contribution in [3.8, 4) is 11.4 Å². The number of carbonyl (C=O) groups excluding carboxylic acids is 1. The Balaban J connectivity index is 1.41. The number of carbonyl (C=O) groups is 1. The molecule has 1 aliphatic rings. The molecule has 5 rings (SSSR count). The van der Waals surface area contributed by atoms with E-state index in [0.717, 1.165) is 28.9 Å². The van der Waals surface area contributed by atoms with Crippen LogP contribution in [0.4, 0.5) is 5.69 Å². The average molecular weight is 503 g/mol. The number of hydrogen-bond donors (Lipinski definition) is 0. The highest BCUT2D eigenvalue weighted by Gasteiger charge is 2.23. The average Bonchev–Trinajstić information content (AvgIpc) is 2.94. The highest BCUT2D eigenvalue weighted by atomic mass is 32.2. The SMILES string of the molecule is Cn1c(=O)c2c(SCC(=O)N3CCN(c4ccccc4)CC3)nc(-c3ccccc3)nc2n(C)c1=O. The van der Waals surface area contributed by atoms with Gasteiger partial charge in [0.05, 0.1) is 5.75 Å². The van der Waals surface area contributed by atoms with Crippen LogP contribution < -0.4 is 16.1 Å². The number of aromatic nitrogens is 4. The smallest absolute Gasteiger partial charge is 0.332 e. The Morgan fingerprint density at radius 1 is 0.861 bits per heavy atom. The molecule has 0 spiro atoms. The number of hydrogen-bond acceptors (Lipinski definition) is 7. The van der Waals surface area contributed by atoms with E-state index in [-0.39, 0.29) is 22.7 Å². The van der Waals surface area contributed by atoms with E-state index in [4.69, 9.17) is 0 Å². The molecule has 10 heteroatoms. The Labute approximate surface area is 212 Å². The molecule has 0 atom stereocenters. The van der Waals surface area contributed by atoms with Crippen LogP contribution in [0.1, 0.15) is 0 Å². The van der Waals surface area contributed by atoms with Gasteiger partial charge in [0.1, 0.15) is 10.4 Å². The van der Waals surface area contributed by atoms with Crippen molar-refractivity contribution < 1.29 is 4.79 Å². The first-order valence-electron chi connectivity index (χ1n) is 11.7. The highest BCUT2D eigenvalue weighted by Crippen LogP contribution is 2.26. The molecule has 0 unspecified atom stereocenters. The van der Waals surface area contributed by atoms with Crippen LogP contribution in [0.5, 0.6) is 0 Å². The lowest BCUT2D eigenvalue weighted by Crippen LogP contribution is -2.49. The lowest BCUT2D eigenvalue weighted by atomic mass is 10.2. The minimum absolute atomic E-state index is 0.0117. The van der Waals surface area contributed by atoms with Gasteiger partial charge >= 0.3 is 5.69 Å². The molecule has 3 heterocycles. The summed E-state index contributed by atoms with van der Waals surface area (Å²) in [5.41, 5.74) is 1.23. The summed E-state index contributed by atoms with van der Waals surface area (Å²) >= 11 is 1.21. The van der Waals surface area contributed by atoms with E-state index in [1.807, 2.05) is 53.4 Å². The number of amides is 1. The van der Waals surface area contributed by atoms with Crippen molar-refractivity contribution >= 4 is 34.4 Å². The normalized spacial score (nSPS) is 13.8. The van der Waals surface area contributed by atoms with Gasteiger partial charge in [0, 0.05) is 51.5 Å². The molecule has 1 fully saturated rings. The molecule has 184 valence electrons. The van der Waals surface area contributed by atoms with Crippen LogP contribution in [0.2, 0.25) is 0 Å². The van der Waals surface area contributed by atoms with Crippen molar-refractivity contribution in [1.82, 2.24) is 24.0 Å². The van der Waals surface area contributed by atoms with E-state index in [2.05, 4.69) is 27.0 Å². The zero-order valence-corrected chi connectivity index (χ0v) is 20.9. The summed E-state index contributed by atoms with van der Waals surface area (Å²) < 4.78 is 2.39. The second kappa shape index (κ2) is 9.98. The molecule has 2 aromatic heterocycles. The number of para-hydroxylation sites is 1. The van der Waals surface area contributed by atoms with Crippen molar-refractivity contribution in [3.05, 3.63) is 81.5 Å². The summed E-state index contributed by atoms with van der Waals surface area (Å²) in [5.74, 6) is 0.526. The maximum atomic E-state index is 13.1. The van der Waals surface area contributed by atoms with Gasteiger partial charge in [0.2, 0.25) is 5.91 Å². The van der Waals surface area contributed by atoms with Crippen LogP contribution in [0, 0.1) is 0 Å². The van der Waals surface area contributed by atoms with Gasteiger partial charge < -0.3 is 9.80 Å². The minimum Gasteiger partial charge on any atom is -0.368 e. The molecule has 2 aromatic carbocycles. The number of anilines is 1. The standard InChI is InChI=1S/C26H26N6O3S/c1-29-23-21(25(34)30(2)26(29)35)24(28-22(27-23)18-9-5-3-6-10-18)36-17-20(33)32-15-13-31(14-16-32)19-11-7-4-8-12-19/h3-12H,13-17H2,1-2H3. The van der Waals surface area contributed by atoms with Crippen LogP contribution in [-0.2, 0) is 18.9 Å². The monoisotopic (exact) mass is 502 g/mol. The molecule has 0 bridgehead atoms. The molecule has 0 aliphatic carbocycles. The minimum atomic E-state index is -0.473. The number of fused-ring (bicyclic) bond motifs is 1. The number of aryl methyl sites for hydroxylation is 1. The lowest BCUT2D eigenvalue weighted by molar-refractivity contribution is -0.128. The lowest BCUT2D eigenvalue weighted by Gasteiger charge is -2.36. The van der Waals surface area contributed by atoms with Gasteiger partial charge in [-0.2, -0.15) is 0 Å². The maximum absolute atomic E-state index is 13.1. The molecular formula is C26H26N6O3S. The van der Waals surface area contributed by atoms with Crippen molar-refractivity contribution in [2.75, 3.05) is 36.8 Å². The molecule has 4 aromatic rings. The molecule has 0 N–H and O–H groups in total. The number of rotatable bonds is 5. The third-order valence-electron chi connectivity index (χ3n) is 6.38. The van der Waals surface area contributed by atoms with Gasteiger partial charge in [-0.1, -0.05) is 60.3 Å². The molecular weight excluding hydrogens is 476 g/mol. The third-order valence-corrected chi connectivity index (χ3v) is 7.34. The predicted octanol–water partition coefficient (Wildman–Crippen LogP) is 2.14. The molecule has 1 aliphatic heterocycles. The van der Waals surface area contributed by atoms with Crippen LogP contribution in [0.15, 0.2) is 75.3 Å². The summed E-state index contributed by atoms with van der Waals surface area (Å²) in [4.78, 5) is 52.0. The molecule has 9 nitrogen and oxygen atoms in total. The first kappa shape index (κ1) is 23.8. The second-order valence-electron chi connectivity index (χ2n) is 8.61. The van der Waals surface area contributed by atoms with Gasteiger partial charge in [-0.25, -0.2) is 14.8 Å². The van der Waals surface area contributed by atoms with E-state index in [1.165, 1.54) is 23.4 Å². The van der Waals surface area contributed by atoms with Crippen molar-refractivity contribution in [2.24, 2.45) is 14.1 Å². The van der Waals surface area contributed by atoms with Crippen LogP contribution in [0.3, 0.4) is 0 Å². The maximum Gasteiger partial charge on any atom is 0.332 e. The number of benzene rings is 2. The summed E-state index contributed by atoms with van der Waals surface area (Å²) in [7, 11) is 3.01. The number of thioether (sulfide) groups is 1. The Hall–Kier alpha value is -3.92. The van der Waals surface area contributed by atoms with Crippen LogP contribution in [-0.4, -0.2) is 61.8 Å². The van der Waals surface area contributed by atoms with Crippen molar-refractivity contribution in [1.29, 1.82) is 0 Å². The first-order valence-corrected chi connectivity index (χ1v) is 12.7. The summed E-state index contributed by atoms with van der Waals surface area (Å²) in [5, 5.41) is 0.636. The predicted molar refractivity (Wildman–Crippen MR) is 141 cm³/mol. The van der Waals surface area contributed by atoms with E-state index in [9.17, 15) is 14.4 Å². The van der Waals surface area contributed by atoms with Gasteiger partial charge in [-0.3, -0.25) is 18.7 Å². The van der Waals surface area contributed by atoms with E-state index >= 15 is 0 Å². The van der Waals surface area contributed by atoms with Crippen molar-refractivity contribution in [2.45, 2.75) is 5.03 Å². The van der Waals surface area contributed by atoms with Gasteiger partial charge in [0.25, 0.3) is 5.56 Å². The quantitative estimate of drug-likeness (QED) is 0.305. The van der Waals surface area contributed by atoms with Crippen molar-refractivity contribution in [3.63, 3.8) is 0 Å². The fourth-order valence-corrected chi connectivity index (χ4v) is 5.24. The van der Waals surface area contributed by atoms with E-state index < -0.39 is 11.2 Å². The molecule has 0 saturated carbocycles.